The zero-order valence-corrected chi connectivity index (χ0v) is 18.6. The van der Waals surface area contributed by atoms with Gasteiger partial charge in [-0.05, 0) is 48.6 Å². The molecule has 0 unspecified atom stereocenters. The summed E-state index contributed by atoms with van der Waals surface area (Å²) in [5.41, 5.74) is 1.45. The van der Waals surface area contributed by atoms with E-state index in [4.69, 9.17) is 0 Å². The number of hydrogen-bond donors (Lipinski definition) is 1. The van der Waals surface area contributed by atoms with Gasteiger partial charge >= 0.3 is 0 Å². The molecular weight excluding hydrogens is 430 g/mol. The Morgan fingerprint density at radius 1 is 1.06 bits per heavy atom. The van der Waals surface area contributed by atoms with E-state index in [0.29, 0.717) is 36.5 Å². The highest BCUT2D eigenvalue weighted by molar-refractivity contribution is 7.89. The number of carbonyl (C=O) groups is 1. The van der Waals surface area contributed by atoms with Crippen LogP contribution in [0.25, 0.3) is 6.08 Å². The van der Waals surface area contributed by atoms with Gasteiger partial charge in [0.25, 0.3) is 5.69 Å². The average Bonchev–Trinajstić information content (AvgIpc) is 3.08. The monoisotopic (exact) mass is 457 g/mol. The molecule has 8 nitrogen and oxygen atoms in total. The number of hydrogen-bond acceptors (Lipinski definition) is 5. The molecule has 0 bridgehead atoms. The molecule has 1 saturated heterocycles. The van der Waals surface area contributed by atoms with E-state index < -0.39 is 14.9 Å². The fraction of sp³-hybridized carbons (Fsp3) is 0.348. The highest BCUT2D eigenvalue weighted by Crippen LogP contribution is 2.20. The summed E-state index contributed by atoms with van der Waals surface area (Å²) in [5.74, 6) is -0.308. The summed E-state index contributed by atoms with van der Waals surface area (Å²) in [6.07, 6.45) is 7.33. The third-order valence-corrected chi connectivity index (χ3v) is 7.26. The number of nitro benzene ring substituents is 1. The van der Waals surface area contributed by atoms with Crippen LogP contribution in [0.4, 0.5) is 5.69 Å². The number of nitrogens with zero attached hydrogens (tertiary/aromatic N) is 2. The van der Waals surface area contributed by atoms with Gasteiger partial charge in [-0.3, -0.25) is 14.9 Å². The van der Waals surface area contributed by atoms with Crippen molar-refractivity contribution in [2.75, 3.05) is 19.6 Å². The summed E-state index contributed by atoms with van der Waals surface area (Å²) >= 11 is 0. The van der Waals surface area contributed by atoms with E-state index in [1.54, 1.807) is 40.7 Å². The molecule has 0 atom stereocenters. The fourth-order valence-corrected chi connectivity index (χ4v) is 5.08. The molecule has 2 aromatic carbocycles. The number of benzene rings is 2. The maximum absolute atomic E-state index is 12.8. The van der Waals surface area contributed by atoms with Crippen molar-refractivity contribution in [3.05, 3.63) is 75.8 Å². The maximum atomic E-state index is 12.8. The second-order valence-corrected chi connectivity index (χ2v) is 9.63. The Kier molecular flexibility index (Phi) is 8.13. The lowest BCUT2D eigenvalue weighted by molar-refractivity contribution is -0.384. The van der Waals surface area contributed by atoms with Crippen LogP contribution in [-0.4, -0.2) is 43.2 Å². The van der Waals surface area contributed by atoms with E-state index in [-0.39, 0.29) is 11.6 Å². The second-order valence-electron chi connectivity index (χ2n) is 7.69. The van der Waals surface area contributed by atoms with E-state index in [1.807, 2.05) is 0 Å². The minimum Gasteiger partial charge on any atom is -0.352 e. The molecule has 1 aliphatic heterocycles. The van der Waals surface area contributed by atoms with E-state index >= 15 is 0 Å². The maximum Gasteiger partial charge on any atom is 0.270 e. The molecular formula is C23H27N3O5S. The lowest BCUT2D eigenvalue weighted by Gasteiger charge is -2.20. The second kappa shape index (κ2) is 11.0. The molecule has 1 heterocycles. The molecule has 32 heavy (non-hydrogen) atoms. The first-order chi connectivity index (χ1) is 15.4. The molecule has 1 aliphatic rings. The Bertz CT molecular complexity index is 1070. The minimum absolute atomic E-state index is 0.0335. The van der Waals surface area contributed by atoms with Crippen molar-refractivity contribution in [3.8, 4) is 0 Å². The number of carbonyl (C=O) groups excluding carboxylic acids is 1. The fourth-order valence-electron chi connectivity index (χ4n) is 3.56. The van der Waals surface area contributed by atoms with E-state index in [1.165, 1.54) is 24.3 Å². The molecule has 0 aliphatic carbocycles. The molecule has 1 amide bonds. The van der Waals surface area contributed by atoms with Gasteiger partial charge in [-0.15, -0.1) is 0 Å². The van der Waals surface area contributed by atoms with Gasteiger partial charge in [-0.1, -0.05) is 37.1 Å². The van der Waals surface area contributed by atoms with Crippen LogP contribution in [0.15, 0.2) is 59.5 Å². The Balaban J connectivity index is 1.50. The third kappa shape index (κ3) is 6.48. The predicted octanol–water partition coefficient (Wildman–Crippen LogP) is 3.53. The van der Waals surface area contributed by atoms with Crippen molar-refractivity contribution in [2.24, 2.45) is 0 Å². The van der Waals surface area contributed by atoms with Gasteiger partial charge in [0.15, 0.2) is 0 Å². The van der Waals surface area contributed by atoms with Crippen LogP contribution in [0, 0.1) is 10.1 Å². The van der Waals surface area contributed by atoms with Gasteiger partial charge in [-0.2, -0.15) is 4.31 Å². The Morgan fingerprint density at radius 2 is 1.75 bits per heavy atom. The van der Waals surface area contributed by atoms with Crippen LogP contribution in [0.2, 0.25) is 0 Å². The number of sulfonamides is 1. The molecule has 1 fully saturated rings. The van der Waals surface area contributed by atoms with Crippen LogP contribution >= 0.6 is 0 Å². The van der Waals surface area contributed by atoms with Crippen molar-refractivity contribution >= 4 is 27.7 Å². The average molecular weight is 458 g/mol. The number of amides is 1. The van der Waals surface area contributed by atoms with Gasteiger partial charge in [0.2, 0.25) is 15.9 Å². The Morgan fingerprint density at radius 3 is 2.41 bits per heavy atom. The normalized spacial score (nSPS) is 15.4. The van der Waals surface area contributed by atoms with Gasteiger partial charge in [0.05, 0.1) is 9.82 Å². The molecule has 0 saturated carbocycles. The standard InChI is InChI=1S/C23H27N3O5S/c27-23(13-10-20-6-5-7-21(18-20)26(28)29)24-15-14-19-8-11-22(12-9-19)32(30,31)25-16-3-1-2-4-17-25/h5-13,18H,1-4,14-17H2,(H,24,27)/b13-10+. The Labute approximate surface area is 188 Å². The quantitative estimate of drug-likeness (QED) is 0.370. The van der Waals surface area contributed by atoms with Crippen LogP contribution in [0.5, 0.6) is 0 Å². The number of nitrogens with one attached hydrogen (secondary N) is 1. The molecule has 170 valence electrons. The smallest absolute Gasteiger partial charge is 0.270 e. The molecule has 3 rings (SSSR count). The molecule has 0 spiro atoms. The molecule has 0 radical (unpaired) electrons. The van der Waals surface area contributed by atoms with Crippen molar-refractivity contribution in [1.29, 1.82) is 0 Å². The number of rotatable bonds is 8. The van der Waals surface area contributed by atoms with Crippen LogP contribution < -0.4 is 5.32 Å². The summed E-state index contributed by atoms with van der Waals surface area (Å²) in [7, 11) is -3.47. The summed E-state index contributed by atoms with van der Waals surface area (Å²) in [5, 5.41) is 13.6. The van der Waals surface area contributed by atoms with Gasteiger partial charge < -0.3 is 5.32 Å². The van der Waals surface area contributed by atoms with E-state index in [2.05, 4.69) is 5.32 Å². The zero-order chi connectivity index (χ0) is 23.0. The molecule has 1 N–H and O–H groups in total. The summed E-state index contributed by atoms with van der Waals surface area (Å²) in [6.45, 7) is 1.52. The molecule has 9 heteroatoms. The first-order valence-corrected chi connectivity index (χ1v) is 12.1. The van der Waals surface area contributed by atoms with Crippen molar-refractivity contribution < 1.29 is 18.1 Å². The highest BCUT2D eigenvalue weighted by Gasteiger charge is 2.24. The van der Waals surface area contributed by atoms with Crippen molar-refractivity contribution in [1.82, 2.24) is 9.62 Å². The van der Waals surface area contributed by atoms with E-state index in [9.17, 15) is 23.3 Å². The van der Waals surface area contributed by atoms with Crippen molar-refractivity contribution in [2.45, 2.75) is 37.0 Å². The highest BCUT2D eigenvalue weighted by atomic mass is 32.2. The third-order valence-electron chi connectivity index (χ3n) is 5.35. The molecule has 0 aromatic heterocycles. The largest absolute Gasteiger partial charge is 0.352 e. The topological polar surface area (TPSA) is 110 Å². The summed E-state index contributed by atoms with van der Waals surface area (Å²) < 4.78 is 27.2. The lowest BCUT2D eigenvalue weighted by atomic mass is 10.1. The Hall–Kier alpha value is -3.04. The van der Waals surface area contributed by atoms with Gasteiger partial charge in [0, 0.05) is 37.8 Å². The first kappa shape index (κ1) is 23.6. The zero-order valence-electron chi connectivity index (χ0n) is 17.8. The first-order valence-electron chi connectivity index (χ1n) is 10.7. The van der Waals surface area contributed by atoms with Gasteiger partial charge in [-0.25, -0.2) is 8.42 Å². The van der Waals surface area contributed by atoms with Crippen LogP contribution in [-0.2, 0) is 21.2 Å². The SMILES string of the molecule is O=C(/C=C/c1cccc([N+](=O)[O-])c1)NCCc1ccc(S(=O)(=O)N2CCCCCC2)cc1. The van der Waals surface area contributed by atoms with Crippen LogP contribution in [0.3, 0.4) is 0 Å². The van der Waals surface area contributed by atoms with Gasteiger partial charge in [0.1, 0.15) is 0 Å². The summed E-state index contributed by atoms with van der Waals surface area (Å²) in [6, 6.07) is 12.8. The summed E-state index contributed by atoms with van der Waals surface area (Å²) in [4.78, 5) is 22.6. The number of nitro groups is 1. The minimum atomic E-state index is -3.47. The number of non-ortho nitro benzene ring substituents is 1. The van der Waals surface area contributed by atoms with Crippen LogP contribution in [0.1, 0.15) is 36.8 Å². The predicted molar refractivity (Wildman–Crippen MR) is 123 cm³/mol. The lowest BCUT2D eigenvalue weighted by Crippen LogP contribution is -2.31. The van der Waals surface area contributed by atoms with Crippen molar-refractivity contribution in [3.63, 3.8) is 0 Å². The van der Waals surface area contributed by atoms with E-state index in [0.717, 1.165) is 31.2 Å². The molecule has 2 aromatic rings.